The normalized spacial score (nSPS) is 12.8. The minimum Gasteiger partial charge on any atom is -0.323 e. The molecular weight excluding hydrogens is 286 g/mol. The van der Waals surface area contributed by atoms with Crippen LogP contribution in [0.4, 0.5) is 0 Å². The Kier molecular flexibility index (Phi) is 3.37. The largest absolute Gasteiger partial charge is 0.323 e. The van der Waals surface area contributed by atoms with Gasteiger partial charge in [0.1, 0.15) is 5.01 Å². The van der Waals surface area contributed by atoms with Crippen molar-refractivity contribution in [3.8, 4) is 10.6 Å². The fourth-order valence-corrected chi connectivity index (χ4v) is 2.85. The number of aryl methyl sites for hydroxylation is 1. The molecule has 3 nitrogen and oxygen atoms in total. The Morgan fingerprint density at radius 1 is 1.44 bits per heavy atom. The molecule has 1 atom stereocenters. The molecule has 0 aliphatic rings. The van der Waals surface area contributed by atoms with Gasteiger partial charge in [0.05, 0.1) is 5.69 Å². The van der Waals surface area contributed by atoms with Crippen molar-refractivity contribution in [3.63, 3.8) is 0 Å². The highest BCUT2D eigenvalue weighted by Gasteiger charge is 2.12. The highest BCUT2D eigenvalue weighted by molar-refractivity contribution is 9.10. The van der Waals surface area contributed by atoms with Gasteiger partial charge in [-0.3, -0.25) is 4.98 Å². The van der Waals surface area contributed by atoms with Gasteiger partial charge in [-0.1, -0.05) is 0 Å². The maximum absolute atomic E-state index is 5.88. The van der Waals surface area contributed by atoms with Gasteiger partial charge in [-0.05, 0) is 35.8 Å². The van der Waals surface area contributed by atoms with Gasteiger partial charge in [0, 0.05) is 33.3 Å². The van der Waals surface area contributed by atoms with Crippen LogP contribution in [0, 0.1) is 6.92 Å². The van der Waals surface area contributed by atoms with Crippen molar-refractivity contribution in [1.82, 2.24) is 9.97 Å². The summed E-state index contributed by atoms with van der Waals surface area (Å²) < 4.78 is 0.959. The number of hydrogen-bond donors (Lipinski definition) is 1. The van der Waals surface area contributed by atoms with Gasteiger partial charge in [0.15, 0.2) is 0 Å². The van der Waals surface area contributed by atoms with Crippen LogP contribution in [0.2, 0.25) is 0 Å². The molecule has 0 aromatic carbocycles. The van der Waals surface area contributed by atoms with Gasteiger partial charge < -0.3 is 5.73 Å². The molecule has 16 heavy (non-hydrogen) atoms. The van der Waals surface area contributed by atoms with E-state index in [1.54, 1.807) is 17.5 Å². The van der Waals surface area contributed by atoms with Gasteiger partial charge in [-0.15, -0.1) is 11.3 Å². The number of pyridine rings is 1. The van der Waals surface area contributed by atoms with E-state index >= 15 is 0 Å². The van der Waals surface area contributed by atoms with Crippen LogP contribution in [0.5, 0.6) is 0 Å². The third kappa shape index (κ3) is 2.31. The van der Waals surface area contributed by atoms with Crippen molar-refractivity contribution in [2.75, 3.05) is 0 Å². The fraction of sp³-hybridized carbons (Fsp3) is 0.273. The van der Waals surface area contributed by atoms with Crippen molar-refractivity contribution < 1.29 is 0 Å². The number of rotatable bonds is 2. The summed E-state index contributed by atoms with van der Waals surface area (Å²) in [6.45, 7) is 3.97. The molecule has 0 amide bonds. The summed E-state index contributed by atoms with van der Waals surface area (Å²) in [5.41, 5.74) is 7.91. The zero-order valence-corrected chi connectivity index (χ0v) is 11.5. The lowest BCUT2D eigenvalue weighted by molar-refractivity contribution is 0.825. The lowest BCUT2D eigenvalue weighted by Crippen LogP contribution is -2.03. The second kappa shape index (κ2) is 4.61. The maximum atomic E-state index is 5.88. The zero-order chi connectivity index (χ0) is 11.7. The molecule has 0 spiro atoms. The topological polar surface area (TPSA) is 51.8 Å². The minimum absolute atomic E-state index is 0.0337. The van der Waals surface area contributed by atoms with Gasteiger partial charge in [-0.25, -0.2) is 4.98 Å². The summed E-state index contributed by atoms with van der Waals surface area (Å²) in [7, 11) is 0. The van der Waals surface area contributed by atoms with Crippen molar-refractivity contribution in [2.24, 2.45) is 5.73 Å². The maximum Gasteiger partial charge on any atom is 0.125 e. The molecule has 0 saturated heterocycles. The summed E-state index contributed by atoms with van der Waals surface area (Å²) in [5.74, 6) is 0. The number of aromatic nitrogens is 2. The molecule has 0 aliphatic heterocycles. The van der Waals surface area contributed by atoms with Crippen LogP contribution in [0.1, 0.15) is 23.5 Å². The molecule has 84 valence electrons. The van der Waals surface area contributed by atoms with E-state index in [1.165, 1.54) is 0 Å². The fourth-order valence-electron chi connectivity index (χ4n) is 1.48. The molecular formula is C11H12BrN3S. The molecule has 2 aromatic heterocycles. The zero-order valence-electron chi connectivity index (χ0n) is 9.07. The molecule has 2 rings (SSSR count). The summed E-state index contributed by atoms with van der Waals surface area (Å²) in [4.78, 5) is 9.79. The van der Waals surface area contributed by atoms with Crippen LogP contribution in [-0.4, -0.2) is 9.97 Å². The summed E-state index contributed by atoms with van der Waals surface area (Å²) >= 11 is 5.04. The van der Waals surface area contributed by atoms with Crippen LogP contribution in [0.25, 0.3) is 10.6 Å². The smallest absolute Gasteiger partial charge is 0.125 e. The molecule has 1 unspecified atom stereocenters. The van der Waals surface area contributed by atoms with Crippen LogP contribution in [-0.2, 0) is 0 Å². The first kappa shape index (κ1) is 11.7. The van der Waals surface area contributed by atoms with E-state index in [0.29, 0.717) is 0 Å². The monoisotopic (exact) mass is 297 g/mol. The SMILES string of the molecule is Cc1nc(-c2cncc(Br)c2)sc1C(C)N. The predicted molar refractivity (Wildman–Crippen MR) is 70.4 cm³/mol. The van der Waals surface area contributed by atoms with Crippen LogP contribution in [0.15, 0.2) is 22.9 Å². The van der Waals surface area contributed by atoms with Gasteiger partial charge >= 0.3 is 0 Å². The van der Waals surface area contributed by atoms with Crippen LogP contribution in [0.3, 0.4) is 0 Å². The van der Waals surface area contributed by atoms with Crippen molar-refractivity contribution >= 4 is 27.3 Å². The van der Waals surface area contributed by atoms with Gasteiger partial charge in [0.2, 0.25) is 0 Å². The number of halogens is 1. The summed E-state index contributed by atoms with van der Waals surface area (Å²) in [6.07, 6.45) is 3.57. The number of thiazole rings is 1. The van der Waals surface area contributed by atoms with E-state index in [-0.39, 0.29) is 6.04 Å². The Hall–Kier alpha value is -0.780. The average molecular weight is 298 g/mol. The highest BCUT2D eigenvalue weighted by atomic mass is 79.9. The second-order valence-corrected chi connectivity index (χ2v) is 5.60. The summed E-state index contributed by atoms with van der Waals surface area (Å²) in [5, 5.41) is 0.971. The average Bonchev–Trinajstić information content (AvgIpc) is 2.60. The van der Waals surface area contributed by atoms with E-state index in [0.717, 1.165) is 25.6 Å². The lowest BCUT2D eigenvalue weighted by Gasteiger charge is -1.99. The number of nitrogens with two attached hydrogens (primary N) is 1. The Morgan fingerprint density at radius 3 is 2.75 bits per heavy atom. The van der Waals surface area contributed by atoms with Crippen LogP contribution >= 0.6 is 27.3 Å². The summed E-state index contributed by atoms with van der Waals surface area (Å²) in [6, 6.07) is 2.04. The molecule has 0 radical (unpaired) electrons. The Morgan fingerprint density at radius 2 is 2.19 bits per heavy atom. The minimum atomic E-state index is 0.0337. The molecule has 2 N–H and O–H groups in total. The van der Waals surface area contributed by atoms with E-state index in [2.05, 4.69) is 25.9 Å². The molecule has 0 bridgehead atoms. The number of nitrogens with zero attached hydrogens (tertiary/aromatic N) is 2. The Bertz CT molecular complexity index is 508. The molecule has 0 aliphatic carbocycles. The Labute approximate surface area is 107 Å². The third-order valence-electron chi connectivity index (χ3n) is 2.20. The highest BCUT2D eigenvalue weighted by Crippen LogP contribution is 2.31. The quantitative estimate of drug-likeness (QED) is 0.925. The lowest BCUT2D eigenvalue weighted by atomic mass is 10.2. The van der Waals surface area contributed by atoms with Gasteiger partial charge in [0.25, 0.3) is 0 Å². The standard InChI is InChI=1S/C11H12BrN3S/c1-6(13)10-7(2)15-11(16-10)8-3-9(12)5-14-4-8/h3-6H,13H2,1-2H3. The van der Waals surface area contributed by atoms with E-state index in [9.17, 15) is 0 Å². The molecule has 0 saturated carbocycles. The molecule has 2 heterocycles. The van der Waals surface area contributed by atoms with Crippen LogP contribution < -0.4 is 5.73 Å². The van der Waals surface area contributed by atoms with E-state index < -0.39 is 0 Å². The molecule has 5 heteroatoms. The number of hydrogen-bond acceptors (Lipinski definition) is 4. The van der Waals surface area contributed by atoms with Crippen molar-refractivity contribution in [2.45, 2.75) is 19.9 Å². The first-order chi connectivity index (χ1) is 7.58. The second-order valence-electron chi connectivity index (χ2n) is 3.65. The first-order valence-corrected chi connectivity index (χ1v) is 6.52. The van der Waals surface area contributed by atoms with Crippen molar-refractivity contribution in [3.05, 3.63) is 33.5 Å². The predicted octanol–water partition coefficient (Wildman–Crippen LogP) is 3.30. The van der Waals surface area contributed by atoms with E-state index in [4.69, 9.17) is 5.73 Å². The first-order valence-electron chi connectivity index (χ1n) is 4.91. The Balaban J connectivity index is 2.45. The van der Waals surface area contributed by atoms with Crippen molar-refractivity contribution in [1.29, 1.82) is 0 Å². The molecule has 2 aromatic rings. The van der Waals surface area contributed by atoms with E-state index in [1.807, 2.05) is 26.1 Å². The third-order valence-corrected chi connectivity index (χ3v) is 4.04. The van der Waals surface area contributed by atoms with Gasteiger partial charge in [-0.2, -0.15) is 0 Å². The molecule has 0 fully saturated rings.